The molecule has 0 radical (unpaired) electrons. The van der Waals surface area contributed by atoms with E-state index in [1.807, 2.05) is 12.1 Å². The second kappa shape index (κ2) is 4.33. The molecule has 0 fully saturated rings. The van der Waals surface area contributed by atoms with E-state index in [9.17, 15) is 0 Å². The van der Waals surface area contributed by atoms with Gasteiger partial charge in [-0.2, -0.15) is 4.99 Å². The molecule has 0 bridgehead atoms. The zero-order valence-corrected chi connectivity index (χ0v) is 7.82. The Morgan fingerprint density at radius 1 is 1.58 bits per heavy atom. The van der Waals surface area contributed by atoms with Crippen molar-refractivity contribution in [2.45, 2.75) is 6.54 Å². The summed E-state index contributed by atoms with van der Waals surface area (Å²) in [5.41, 5.74) is 6.97. The lowest BCUT2D eigenvalue weighted by atomic mass is 10.2. The summed E-state index contributed by atoms with van der Waals surface area (Å²) in [7, 11) is 0. The fourth-order valence-electron chi connectivity index (χ4n) is 0.896. The van der Waals surface area contributed by atoms with Crippen molar-refractivity contribution in [3.63, 3.8) is 0 Å². The first kappa shape index (κ1) is 9.36. The van der Waals surface area contributed by atoms with E-state index >= 15 is 0 Å². The van der Waals surface area contributed by atoms with Crippen LogP contribution in [-0.2, 0) is 6.54 Å². The molecule has 0 atom stereocenters. The smallest absolute Gasteiger partial charge is 0.0970 e. The SMILES string of the molecule is NCc1cccc(Cl)c1N=C=S. The van der Waals surface area contributed by atoms with Crippen LogP contribution in [0.5, 0.6) is 0 Å². The molecule has 4 heteroatoms. The molecule has 0 spiro atoms. The van der Waals surface area contributed by atoms with Crippen LogP contribution in [0.25, 0.3) is 0 Å². The van der Waals surface area contributed by atoms with Crippen molar-refractivity contribution in [1.29, 1.82) is 0 Å². The second-order valence-corrected chi connectivity index (χ2v) is 2.74. The minimum Gasteiger partial charge on any atom is -0.326 e. The zero-order chi connectivity index (χ0) is 8.97. The number of hydrogen-bond donors (Lipinski definition) is 1. The minimum absolute atomic E-state index is 0.399. The van der Waals surface area contributed by atoms with E-state index in [4.69, 9.17) is 17.3 Å². The Labute approximate surface area is 81.1 Å². The summed E-state index contributed by atoms with van der Waals surface area (Å²) in [6, 6.07) is 5.43. The summed E-state index contributed by atoms with van der Waals surface area (Å²) in [6.07, 6.45) is 0. The minimum atomic E-state index is 0.399. The molecule has 0 aliphatic carbocycles. The highest BCUT2D eigenvalue weighted by atomic mass is 35.5. The third-order valence-corrected chi connectivity index (χ3v) is 1.84. The Morgan fingerprint density at radius 2 is 2.33 bits per heavy atom. The summed E-state index contributed by atoms with van der Waals surface area (Å²) in [6.45, 7) is 0.399. The van der Waals surface area contributed by atoms with E-state index < -0.39 is 0 Å². The lowest BCUT2D eigenvalue weighted by Crippen LogP contribution is -1.96. The van der Waals surface area contributed by atoms with Gasteiger partial charge in [0.05, 0.1) is 15.9 Å². The van der Waals surface area contributed by atoms with Gasteiger partial charge in [-0.3, -0.25) is 0 Å². The van der Waals surface area contributed by atoms with Gasteiger partial charge in [-0.05, 0) is 23.8 Å². The largest absolute Gasteiger partial charge is 0.326 e. The monoisotopic (exact) mass is 198 g/mol. The maximum atomic E-state index is 5.85. The van der Waals surface area contributed by atoms with Crippen molar-refractivity contribution in [3.05, 3.63) is 28.8 Å². The molecule has 1 aromatic carbocycles. The average Bonchev–Trinajstić information content (AvgIpc) is 2.09. The van der Waals surface area contributed by atoms with Crippen LogP contribution in [0, 0.1) is 0 Å². The molecule has 0 aliphatic heterocycles. The number of isothiocyanates is 1. The summed E-state index contributed by atoms with van der Waals surface area (Å²) in [5, 5.41) is 2.82. The normalized spacial score (nSPS) is 9.17. The molecule has 12 heavy (non-hydrogen) atoms. The molecule has 0 unspecified atom stereocenters. The molecule has 0 aromatic heterocycles. The summed E-state index contributed by atoms with van der Waals surface area (Å²) >= 11 is 10.3. The van der Waals surface area contributed by atoms with E-state index in [0.29, 0.717) is 17.3 Å². The van der Waals surface area contributed by atoms with Crippen LogP contribution < -0.4 is 5.73 Å². The summed E-state index contributed by atoms with van der Waals surface area (Å²) in [4.78, 5) is 3.83. The van der Waals surface area contributed by atoms with Gasteiger partial charge in [0, 0.05) is 6.54 Å². The molecule has 62 valence electrons. The van der Waals surface area contributed by atoms with E-state index in [2.05, 4.69) is 22.4 Å². The predicted octanol–water partition coefficient (Wildman–Crippen LogP) is 2.53. The van der Waals surface area contributed by atoms with Crippen LogP contribution >= 0.6 is 23.8 Å². The Hall–Kier alpha value is -0.730. The Kier molecular flexibility index (Phi) is 3.38. The highest BCUT2D eigenvalue weighted by Crippen LogP contribution is 2.27. The Morgan fingerprint density at radius 3 is 2.92 bits per heavy atom. The number of aliphatic imine (C=N–C) groups is 1. The molecule has 1 rings (SSSR count). The van der Waals surface area contributed by atoms with Gasteiger partial charge in [-0.1, -0.05) is 23.7 Å². The Balaban J connectivity index is 3.28. The summed E-state index contributed by atoms with van der Waals surface area (Å²) < 4.78 is 0. The number of halogens is 1. The van der Waals surface area contributed by atoms with Crippen LogP contribution in [0.1, 0.15) is 5.56 Å². The van der Waals surface area contributed by atoms with Crippen molar-refractivity contribution < 1.29 is 0 Å². The molecule has 2 nitrogen and oxygen atoms in total. The quantitative estimate of drug-likeness (QED) is 0.586. The van der Waals surface area contributed by atoms with Crippen molar-refractivity contribution in [1.82, 2.24) is 0 Å². The van der Waals surface area contributed by atoms with Gasteiger partial charge in [-0.15, -0.1) is 0 Å². The van der Waals surface area contributed by atoms with Gasteiger partial charge >= 0.3 is 0 Å². The number of benzene rings is 1. The molecular weight excluding hydrogens is 192 g/mol. The number of nitrogens with zero attached hydrogens (tertiary/aromatic N) is 1. The van der Waals surface area contributed by atoms with Crippen molar-refractivity contribution >= 4 is 34.7 Å². The molecule has 0 saturated carbocycles. The highest BCUT2D eigenvalue weighted by Gasteiger charge is 2.02. The van der Waals surface area contributed by atoms with Crippen LogP contribution in [0.2, 0.25) is 5.02 Å². The molecular formula is C8H7ClN2S. The Bertz CT molecular complexity index is 332. The van der Waals surface area contributed by atoms with Crippen LogP contribution in [0.4, 0.5) is 5.69 Å². The third-order valence-electron chi connectivity index (χ3n) is 1.45. The zero-order valence-electron chi connectivity index (χ0n) is 6.25. The number of para-hydroxylation sites is 1. The first-order valence-electron chi connectivity index (χ1n) is 3.35. The maximum absolute atomic E-state index is 5.85. The number of thiocarbonyl (C=S) groups is 1. The molecule has 1 aromatic rings. The van der Waals surface area contributed by atoms with Crippen molar-refractivity contribution in [3.8, 4) is 0 Å². The first-order chi connectivity index (χ1) is 5.79. The van der Waals surface area contributed by atoms with E-state index in [0.717, 1.165) is 5.56 Å². The van der Waals surface area contributed by atoms with E-state index in [1.54, 1.807) is 6.07 Å². The van der Waals surface area contributed by atoms with Crippen molar-refractivity contribution in [2.75, 3.05) is 0 Å². The predicted molar refractivity (Wildman–Crippen MR) is 54.0 cm³/mol. The lowest BCUT2D eigenvalue weighted by Gasteiger charge is -2.01. The molecule has 2 N–H and O–H groups in total. The second-order valence-electron chi connectivity index (χ2n) is 2.15. The first-order valence-corrected chi connectivity index (χ1v) is 4.13. The van der Waals surface area contributed by atoms with Crippen LogP contribution in [0.3, 0.4) is 0 Å². The van der Waals surface area contributed by atoms with Gasteiger partial charge in [0.25, 0.3) is 0 Å². The van der Waals surface area contributed by atoms with Crippen LogP contribution in [0.15, 0.2) is 23.2 Å². The number of nitrogens with two attached hydrogens (primary N) is 1. The molecule has 0 heterocycles. The molecule has 0 aliphatic rings. The number of hydrogen-bond acceptors (Lipinski definition) is 3. The van der Waals surface area contributed by atoms with Gasteiger partial charge < -0.3 is 5.73 Å². The van der Waals surface area contributed by atoms with E-state index in [-0.39, 0.29) is 0 Å². The number of rotatable bonds is 2. The fourth-order valence-corrected chi connectivity index (χ4v) is 1.22. The average molecular weight is 199 g/mol. The van der Waals surface area contributed by atoms with Gasteiger partial charge in [-0.25, -0.2) is 0 Å². The van der Waals surface area contributed by atoms with Gasteiger partial charge in [0.15, 0.2) is 0 Å². The molecule has 0 amide bonds. The standard InChI is InChI=1S/C8H7ClN2S/c9-7-3-1-2-6(4-10)8(7)11-5-12/h1-3H,4,10H2. The lowest BCUT2D eigenvalue weighted by molar-refractivity contribution is 1.07. The highest BCUT2D eigenvalue weighted by molar-refractivity contribution is 7.78. The fraction of sp³-hybridized carbons (Fsp3) is 0.125. The maximum Gasteiger partial charge on any atom is 0.0970 e. The van der Waals surface area contributed by atoms with E-state index in [1.165, 1.54) is 0 Å². The van der Waals surface area contributed by atoms with Gasteiger partial charge in [0.2, 0.25) is 0 Å². The molecule has 0 saturated heterocycles. The topological polar surface area (TPSA) is 38.4 Å². The third kappa shape index (κ3) is 1.90. The van der Waals surface area contributed by atoms with Crippen LogP contribution in [-0.4, -0.2) is 5.16 Å². The summed E-state index contributed by atoms with van der Waals surface area (Å²) in [5.74, 6) is 0. The van der Waals surface area contributed by atoms with Gasteiger partial charge in [0.1, 0.15) is 0 Å². The van der Waals surface area contributed by atoms with Crippen molar-refractivity contribution in [2.24, 2.45) is 10.7 Å².